The van der Waals surface area contributed by atoms with Gasteiger partial charge in [0.15, 0.2) is 0 Å². The summed E-state index contributed by atoms with van der Waals surface area (Å²) in [6.45, 7) is 2.03. The summed E-state index contributed by atoms with van der Waals surface area (Å²) in [4.78, 5) is 24.0. The van der Waals surface area contributed by atoms with Gasteiger partial charge in [-0.15, -0.1) is 0 Å². The summed E-state index contributed by atoms with van der Waals surface area (Å²) in [7, 11) is 0. The summed E-state index contributed by atoms with van der Waals surface area (Å²) >= 11 is 0. The molecule has 0 radical (unpaired) electrons. The summed E-state index contributed by atoms with van der Waals surface area (Å²) in [5, 5.41) is 0. The van der Waals surface area contributed by atoms with Crippen molar-refractivity contribution in [2.45, 2.75) is 57.2 Å². The van der Waals surface area contributed by atoms with Crippen molar-refractivity contribution in [1.82, 2.24) is 4.90 Å². The van der Waals surface area contributed by atoms with Crippen LogP contribution in [-0.4, -0.2) is 35.5 Å². The molecule has 2 aliphatic heterocycles. The predicted molar refractivity (Wildman–Crippen MR) is 54.5 cm³/mol. The van der Waals surface area contributed by atoms with E-state index in [1.807, 2.05) is 6.92 Å². The van der Waals surface area contributed by atoms with E-state index < -0.39 is 0 Å². The Morgan fingerprint density at radius 2 is 2.33 bits per heavy atom. The van der Waals surface area contributed by atoms with Gasteiger partial charge in [-0.05, 0) is 25.7 Å². The van der Waals surface area contributed by atoms with E-state index in [1.54, 1.807) is 4.90 Å². The van der Waals surface area contributed by atoms with Gasteiger partial charge in [-0.2, -0.15) is 0 Å². The lowest BCUT2D eigenvalue weighted by molar-refractivity contribution is -0.109. The Balaban J connectivity index is 2.13. The fourth-order valence-electron chi connectivity index (χ4n) is 2.73. The first-order chi connectivity index (χ1) is 7.27. The number of ether oxygens (including phenoxy) is 1. The van der Waals surface area contributed by atoms with Gasteiger partial charge in [0, 0.05) is 12.5 Å². The van der Waals surface area contributed by atoms with Crippen LogP contribution in [0.5, 0.6) is 0 Å². The van der Waals surface area contributed by atoms with E-state index in [9.17, 15) is 9.59 Å². The van der Waals surface area contributed by atoms with Crippen molar-refractivity contribution >= 4 is 12.4 Å². The summed E-state index contributed by atoms with van der Waals surface area (Å²) < 4.78 is 5.31. The summed E-state index contributed by atoms with van der Waals surface area (Å²) in [6, 6.07) is 0.284. The van der Waals surface area contributed by atoms with Crippen LogP contribution in [0.15, 0.2) is 0 Å². The van der Waals surface area contributed by atoms with Crippen LogP contribution in [0.1, 0.15) is 39.0 Å². The van der Waals surface area contributed by atoms with Gasteiger partial charge in [-0.1, -0.05) is 6.92 Å². The highest BCUT2D eigenvalue weighted by molar-refractivity contribution is 5.72. The molecule has 0 N–H and O–H groups in total. The van der Waals surface area contributed by atoms with E-state index >= 15 is 0 Å². The van der Waals surface area contributed by atoms with Gasteiger partial charge in [-0.25, -0.2) is 4.79 Å². The summed E-state index contributed by atoms with van der Waals surface area (Å²) in [5.74, 6) is 0. The minimum atomic E-state index is -0.224. The monoisotopic (exact) mass is 211 g/mol. The zero-order valence-electron chi connectivity index (χ0n) is 9.02. The Hall–Kier alpha value is -1.06. The molecular weight excluding hydrogens is 194 g/mol. The standard InChI is InChI=1S/C11H17NO3/c1-2-10-9-5-3-4-8(6-7-13)12(9)11(14)15-10/h7-10H,2-6H2,1H3/t8-,9+,10+/m0/s1. The summed E-state index contributed by atoms with van der Waals surface area (Å²) in [6.07, 6.45) is 5.06. The molecule has 0 aromatic carbocycles. The number of cyclic esters (lactones) is 1. The Morgan fingerprint density at radius 3 is 3.00 bits per heavy atom. The molecule has 0 saturated carbocycles. The minimum absolute atomic E-state index is 0.0342. The van der Waals surface area contributed by atoms with Crippen LogP contribution in [-0.2, 0) is 9.53 Å². The zero-order chi connectivity index (χ0) is 10.8. The van der Waals surface area contributed by atoms with Crippen molar-refractivity contribution in [3.8, 4) is 0 Å². The van der Waals surface area contributed by atoms with E-state index in [2.05, 4.69) is 0 Å². The van der Waals surface area contributed by atoms with Gasteiger partial charge < -0.3 is 9.53 Å². The van der Waals surface area contributed by atoms with Crippen molar-refractivity contribution in [3.05, 3.63) is 0 Å². The number of fused-ring (bicyclic) bond motifs is 1. The maximum Gasteiger partial charge on any atom is 0.410 e. The molecule has 3 atom stereocenters. The first-order valence-corrected chi connectivity index (χ1v) is 5.70. The lowest BCUT2D eigenvalue weighted by atomic mass is 9.91. The molecule has 84 valence electrons. The van der Waals surface area contributed by atoms with Gasteiger partial charge in [-0.3, -0.25) is 4.90 Å². The van der Waals surface area contributed by atoms with Gasteiger partial charge in [0.25, 0.3) is 0 Å². The van der Waals surface area contributed by atoms with Crippen LogP contribution < -0.4 is 0 Å². The third kappa shape index (κ3) is 1.73. The fourth-order valence-corrected chi connectivity index (χ4v) is 2.73. The van der Waals surface area contributed by atoms with E-state index in [0.717, 1.165) is 32.0 Å². The second kappa shape index (κ2) is 4.21. The molecule has 0 spiro atoms. The largest absolute Gasteiger partial charge is 0.444 e. The normalized spacial score (nSPS) is 34.9. The highest BCUT2D eigenvalue weighted by Gasteiger charge is 2.45. The molecule has 2 rings (SSSR count). The average Bonchev–Trinajstić information content (AvgIpc) is 2.57. The first-order valence-electron chi connectivity index (χ1n) is 5.70. The molecule has 0 aromatic heterocycles. The van der Waals surface area contributed by atoms with Crippen LogP contribution in [0.3, 0.4) is 0 Å². The van der Waals surface area contributed by atoms with Gasteiger partial charge in [0.2, 0.25) is 0 Å². The van der Waals surface area contributed by atoms with Crippen molar-refractivity contribution in [2.75, 3.05) is 0 Å². The number of hydrogen-bond donors (Lipinski definition) is 0. The number of aldehydes is 1. The van der Waals surface area contributed by atoms with E-state index in [4.69, 9.17) is 4.74 Å². The third-order valence-electron chi connectivity index (χ3n) is 3.45. The molecule has 0 bridgehead atoms. The fraction of sp³-hybridized carbons (Fsp3) is 0.818. The molecule has 2 heterocycles. The van der Waals surface area contributed by atoms with Crippen LogP contribution in [0.4, 0.5) is 4.79 Å². The van der Waals surface area contributed by atoms with E-state index in [1.165, 1.54) is 0 Å². The Labute approximate surface area is 89.6 Å². The second-order valence-corrected chi connectivity index (χ2v) is 4.29. The smallest absolute Gasteiger partial charge is 0.410 e. The number of carbonyl (C=O) groups excluding carboxylic acids is 2. The lowest BCUT2D eigenvalue weighted by Gasteiger charge is -2.35. The molecule has 15 heavy (non-hydrogen) atoms. The maximum atomic E-state index is 11.7. The number of piperidine rings is 1. The molecule has 0 unspecified atom stereocenters. The number of hydrogen-bond acceptors (Lipinski definition) is 3. The van der Waals surface area contributed by atoms with E-state index in [0.29, 0.717) is 6.42 Å². The highest BCUT2D eigenvalue weighted by atomic mass is 16.6. The lowest BCUT2D eigenvalue weighted by Crippen LogP contribution is -2.47. The van der Waals surface area contributed by atoms with Crippen LogP contribution in [0.2, 0.25) is 0 Å². The van der Waals surface area contributed by atoms with Gasteiger partial charge in [0.1, 0.15) is 12.4 Å². The molecule has 0 aliphatic carbocycles. The minimum Gasteiger partial charge on any atom is -0.444 e. The quantitative estimate of drug-likeness (QED) is 0.668. The second-order valence-electron chi connectivity index (χ2n) is 4.29. The Morgan fingerprint density at radius 1 is 1.53 bits per heavy atom. The van der Waals surface area contributed by atoms with E-state index in [-0.39, 0.29) is 24.3 Å². The van der Waals surface area contributed by atoms with Crippen molar-refractivity contribution in [2.24, 2.45) is 0 Å². The third-order valence-corrected chi connectivity index (χ3v) is 3.45. The molecular formula is C11H17NO3. The maximum absolute atomic E-state index is 11.7. The summed E-state index contributed by atoms with van der Waals surface area (Å²) in [5.41, 5.74) is 0. The Kier molecular flexibility index (Phi) is 2.93. The zero-order valence-corrected chi connectivity index (χ0v) is 9.02. The Bertz CT molecular complexity index is 267. The molecule has 2 saturated heterocycles. The van der Waals surface area contributed by atoms with Gasteiger partial charge in [0.05, 0.1) is 6.04 Å². The van der Waals surface area contributed by atoms with Crippen LogP contribution >= 0.6 is 0 Å². The number of carbonyl (C=O) groups is 2. The molecule has 2 fully saturated rings. The van der Waals surface area contributed by atoms with Gasteiger partial charge >= 0.3 is 6.09 Å². The molecule has 2 aliphatic rings. The van der Waals surface area contributed by atoms with Crippen LogP contribution in [0.25, 0.3) is 0 Å². The predicted octanol–water partition coefficient (Wildman–Crippen LogP) is 1.73. The molecule has 4 heteroatoms. The topological polar surface area (TPSA) is 46.6 Å². The molecule has 0 aromatic rings. The number of amides is 1. The molecule has 4 nitrogen and oxygen atoms in total. The highest BCUT2D eigenvalue weighted by Crippen LogP contribution is 2.34. The number of nitrogens with zero attached hydrogens (tertiary/aromatic N) is 1. The average molecular weight is 211 g/mol. The SMILES string of the molecule is CC[C@H]1OC(=O)N2[C@H](CC=O)CCC[C@H]12. The van der Waals surface area contributed by atoms with Crippen molar-refractivity contribution in [1.29, 1.82) is 0 Å². The van der Waals surface area contributed by atoms with Crippen molar-refractivity contribution < 1.29 is 14.3 Å². The van der Waals surface area contributed by atoms with Crippen LogP contribution in [0, 0.1) is 0 Å². The molecule has 1 amide bonds. The first kappa shape index (κ1) is 10.5. The van der Waals surface area contributed by atoms with Crippen molar-refractivity contribution in [3.63, 3.8) is 0 Å². The number of rotatable bonds is 3.